The summed E-state index contributed by atoms with van der Waals surface area (Å²) in [5, 5.41) is 9.45. The third-order valence-electron chi connectivity index (χ3n) is 4.19. The van der Waals surface area contributed by atoms with E-state index in [-0.39, 0.29) is 36.0 Å². The molecule has 1 heterocycles. The minimum absolute atomic E-state index is 0. The number of nitrogens with two attached hydrogens (primary N) is 1. The number of aromatic amines is 1. The molecule has 1 saturated carbocycles. The third-order valence-corrected chi connectivity index (χ3v) is 4.19. The zero-order chi connectivity index (χ0) is 15.4. The summed E-state index contributed by atoms with van der Waals surface area (Å²) in [4.78, 5) is 24.5. The fourth-order valence-electron chi connectivity index (χ4n) is 2.96. The van der Waals surface area contributed by atoms with Crippen molar-refractivity contribution in [2.75, 3.05) is 0 Å². The van der Waals surface area contributed by atoms with Gasteiger partial charge in [0.15, 0.2) is 0 Å². The normalized spacial score (nSPS) is 21.0. The first-order chi connectivity index (χ1) is 10.1. The second kappa shape index (κ2) is 8.29. The number of nitrogens with zero attached hydrogens (tertiary/aromatic N) is 1. The minimum Gasteiger partial charge on any atom is -0.349 e. The number of amides is 1. The van der Waals surface area contributed by atoms with Gasteiger partial charge in [0, 0.05) is 12.1 Å². The van der Waals surface area contributed by atoms with Gasteiger partial charge in [-0.25, -0.2) is 5.10 Å². The molecular formula is C15H25ClN4O2. The number of nitrogens with one attached hydrogen (secondary N) is 2. The molecule has 1 amide bonds. The van der Waals surface area contributed by atoms with Crippen LogP contribution in [0.2, 0.25) is 0 Å². The zero-order valence-electron chi connectivity index (χ0n) is 13.1. The van der Waals surface area contributed by atoms with Crippen LogP contribution >= 0.6 is 12.4 Å². The highest BCUT2D eigenvalue weighted by atomic mass is 35.5. The molecule has 0 bridgehead atoms. The van der Waals surface area contributed by atoms with E-state index < -0.39 is 5.56 Å². The Labute approximate surface area is 136 Å². The lowest BCUT2D eigenvalue weighted by Crippen LogP contribution is -2.42. The van der Waals surface area contributed by atoms with Crippen LogP contribution in [0.3, 0.4) is 0 Å². The van der Waals surface area contributed by atoms with Gasteiger partial charge in [0.1, 0.15) is 5.56 Å². The fraction of sp³-hybridized carbons (Fsp3) is 0.667. The van der Waals surface area contributed by atoms with Crippen LogP contribution in [0.4, 0.5) is 0 Å². The van der Waals surface area contributed by atoms with Gasteiger partial charge in [0.2, 0.25) is 0 Å². The van der Waals surface area contributed by atoms with Crippen molar-refractivity contribution in [1.82, 2.24) is 15.5 Å². The maximum atomic E-state index is 12.5. The van der Waals surface area contributed by atoms with Gasteiger partial charge in [0.25, 0.3) is 11.5 Å². The molecule has 0 spiro atoms. The molecule has 1 aliphatic carbocycles. The van der Waals surface area contributed by atoms with Gasteiger partial charge in [-0.3, -0.25) is 9.59 Å². The first kappa shape index (κ1) is 18.6. The number of H-pyrrole nitrogens is 1. The number of hydrogen-bond acceptors (Lipinski definition) is 4. The predicted octanol–water partition coefficient (Wildman–Crippen LogP) is 1.32. The quantitative estimate of drug-likeness (QED) is 0.775. The summed E-state index contributed by atoms with van der Waals surface area (Å²) in [6.45, 7) is 3.90. The van der Waals surface area contributed by atoms with Crippen LogP contribution in [0.25, 0.3) is 0 Å². The third kappa shape index (κ3) is 4.08. The van der Waals surface area contributed by atoms with Crippen LogP contribution in [0.5, 0.6) is 0 Å². The van der Waals surface area contributed by atoms with E-state index in [0.29, 0.717) is 12.8 Å². The van der Waals surface area contributed by atoms with E-state index in [9.17, 15) is 9.59 Å². The molecule has 7 heteroatoms. The van der Waals surface area contributed by atoms with E-state index in [4.69, 9.17) is 5.73 Å². The van der Waals surface area contributed by atoms with Crippen molar-refractivity contribution in [1.29, 1.82) is 0 Å². The van der Waals surface area contributed by atoms with E-state index in [1.165, 1.54) is 0 Å². The van der Waals surface area contributed by atoms with E-state index in [1.54, 1.807) is 0 Å². The Kier molecular flexibility index (Phi) is 7.03. The Morgan fingerprint density at radius 2 is 1.91 bits per heavy atom. The van der Waals surface area contributed by atoms with Gasteiger partial charge in [-0.2, -0.15) is 5.10 Å². The molecular weight excluding hydrogens is 304 g/mol. The van der Waals surface area contributed by atoms with Crippen molar-refractivity contribution >= 4 is 18.3 Å². The Bertz CT molecular complexity index is 565. The molecule has 1 aliphatic rings. The van der Waals surface area contributed by atoms with E-state index >= 15 is 0 Å². The molecule has 4 N–H and O–H groups in total. The monoisotopic (exact) mass is 328 g/mol. The number of carbonyl (C=O) groups is 1. The zero-order valence-corrected chi connectivity index (χ0v) is 14.0. The first-order valence-electron chi connectivity index (χ1n) is 7.73. The number of carbonyl (C=O) groups excluding carboxylic acids is 1. The molecule has 124 valence electrons. The predicted molar refractivity (Wildman–Crippen MR) is 88.6 cm³/mol. The molecule has 2 rings (SSSR count). The fourth-order valence-corrected chi connectivity index (χ4v) is 2.96. The molecule has 0 unspecified atom stereocenters. The lowest BCUT2D eigenvalue weighted by atomic mass is 9.91. The van der Waals surface area contributed by atoms with Crippen molar-refractivity contribution in [2.24, 2.45) is 5.73 Å². The summed E-state index contributed by atoms with van der Waals surface area (Å²) in [5.41, 5.74) is 7.22. The maximum Gasteiger partial charge on any atom is 0.277 e. The van der Waals surface area contributed by atoms with Crippen LogP contribution in [-0.2, 0) is 12.8 Å². The summed E-state index contributed by atoms with van der Waals surface area (Å²) in [5.74, 6) is -0.286. The number of halogens is 1. The molecule has 1 aromatic rings. The molecule has 0 aliphatic heterocycles. The minimum atomic E-state index is -0.408. The molecule has 0 saturated heterocycles. The van der Waals surface area contributed by atoms with E-state index in [2.05, 4.69) is 15.5 Å². The molecule has 0 radical (unpaired) electrons. The van der Waals surface area contributed by atoms with Gasteiger partial charge < -0.3 is 11.1 Å². The molecule has 22 heavy (non-hydrogen) atoms. The van der Waals surface area contributed by atoms with Crippen LogP contribution in [0.1, 0.15) is 61.1 Å². The van der Waals surface area contributed by atoms with Crippen molar-refractivity contribution in [3.05, 3.63) is 27.2 Å². The standard InChI is InChI=1S/C15H24N4O2.ClH/c1-3-11-12(4-2)18-19-15(21)13(11)14(20)17-10-7-5-9(16)6-8-10;/h9-10H,3-8,16H2,1-2H3,(H,17,20)(H,19,21);1H. The summed E-state index contributed by atoms with van der Waals surface area (Å²) in [7, 11) is 0. The number of hydrogen-bond donors (Lipinski definition) is 3. The van der Waals surface area contributed by atoms with Gasteiger partial charge >= 0.3 is 0 Å². The molecule has 6 nitrogen and oxygen atoms in total. The second-order valence-corrected chi connectivity index (χ2v) is 5.65. The summed E-state index contributed by atoms with van der Waals surface area (Å²) in [6, 6.07) is 0.347. The van der Waals surface area contributed by atoms with Crippen LogP contribution in [0, 0.1) is 0 Å². The number of rotatable bonds is 4. The van der Waals surface area contributed by atoms with Crippen LogP contribution in [0.15, 0.2) is 4.79 Å². The Hall–Kier alpha value is -1.40. The molecule has 1 aromatic heterocycles. The summed E-state index contributed by atoms with van der Waals surface area (Å²) < 4.78 is 0. The SMILES string of the molecule is CCc1n[nH]c(=O)c(C(=O)NC2CCC(N)CC2)c1CC.Cl. The lowest BCUT2D eigenvalue weighted by molar-refractivity contribution is 0.0923. The van der Waals surface area contributed by atoms with Gasteiger partial charge in [-0.15, -0.1) is 12.4 Å². The van der Waals surface area contributed by atoms with Crippen LogP contribution < -0.4 is 16.6 Å². The van der Waals surface area contributed by atoms with E-state index in [0.717, 1.165) is 36.9 Å². The molecule has 1 fully saturated rings. The number of aryl methyl sites for hydroxylation is 1. The van der Waals surface area contributed by atoms with Crippen molar-refractivity contribution in [3.63, 3.8) is 0 Å². The van der Waals surface area contributed by atoms with Gasteiger partial charge in [0.05, 0.1) is 5.69 Å². The first-order valence-corrected chi connectivity index (χ1v) is 7.73. The number of aromatic nitrogens is 2. The van der Waals surface area contributed by atoms with Crippen molar-refractivity contribution in [2.45, 2.75) is 64.5 Å². The Morgan fingerprint density at radius 3 is 2.45 bits per heavy atom. The highest BCUT2D eigenvalue weighted by Crippen LogP contribution is 2.18. The van der Waals surface area contributed by atoms with Gasteiger partial charge in [-0.1, -0.05) is 13.8 Å². The van der Waals surface area contributed by atoms with Crippen molar-refractivity contribution in [3.8, 4) is 0 Å². The smallest absolute Gasteiger partial charge is 0.277 e. The lowest BCUT2D eigenvalue weighted by Gasteiger charge is -2.27. The summed E-state index contributed by atoms with van der Waals surface area (Å²) in [6.07, 6.45) is 4.89. The van der Waals surface area contributed by atoms with E-state index in [1.807, 2.05) is 13.8 Å². The average molecular weight is 329 g/mol. The van der Waals surface area contributed by atoms with Crippen LogP contribution in [-0.4, -0.2) is 28.2 Å². The van der Waals surface area contributed by atoms with Crippen molar-refractivity contribution < 1.29 is 4.79 Å². The maximum absolute atomic E-state index is 12.5. The highest BCUT2D eigenvalue weighted by molar-refractivity contribution is 5.95. The topological polar surface area (TPSA) is 101 Å². The highest BCUT2D eigenvalue weighted by Gasteiger charge is 2.24. The second-order valence-electron chi connectivity index (χ2n) is 5.65. The summed E-state index contributed by atoms with van der Waals surface area (Å²) >= 11 is 0. The molecule has 0 aromatic carbocycles. The molecule has 0 atom stereocenters. The van der Waals surface area contributed by atoms with Gasteiger partial charge in [-0.05, 0) is 44.1 Å². The largest absolute Gasteiger partial charge is 0.349 e. The average Bonchev–Trinajstić information content (AvgIpc) is 2.48. The Morgan fingerprint density at radius 1 is 1.27 bits per heavy atom. The Balaban J connectivity index is 0.00000242.